The molecule has 2 N–H and O–H groups in total. The molecule has 178 valence electrons. The Morgan fingerprint density at radius 1 is 0.853 bits per heavy atom. The average Bonchev–Trinajstić information content (AvgIpc) is 2.81. The maximum Gasteiger partial charge on any atom is 0.338 e. The van der Waals surface area contributed by atoms with Crippen molar-refractivity contribution < 1.29 is 27.5 Å². The highest BCUT2D eigenvalue weighted by molar-refractivity contribution is 7.92. The average molecular weight is 483 g/mol. The van der Waals surface area contributed by atoms with Crippen LogP contribution in [-0.4, -0.2) is 33.5 Å². The first-order valence-electron chi connectivity index (χ1n) is 10.4. The monoisotopic (exact) mass is 482 g/mol. The van der Waals surface area contributed by atoms with Crippen LogP contribution in [0.15, 0.2) is 71.6 Å². The van der Waals surface area contributed by atoms with Gasteiger partial charge in [-0.05, 0) is 63.2 Å². The molecule has 0 unspecified atom stereocenters. The fraction of sp³-hybridized carbons (Fsp3) is 0.200. The lowest BCUT2D eigenvalue weighted by molar-refractivity contribution is -0.123. The van der Waals surface area contributed by atoms with Gasteiger partial charge in [0.1, 0.15) is 10.6 Å². The Hall–Kier alpha value is -3.85. The lowest BCUT2D eigenvalue weighted by Crippen LogP contribution is -2.30. The van der Waals surface area contributed by atoms with Gasteiger partial charge in [0.25, 0.3) is 15.9 Å². The van der Waals surface area contributed by atoms with E-state index in [1.165, 1.54) is 26.2 Å². The summed E-state index contributed by atoms with van der Waals surface area (Å²) in [6, 6.07) is 17.9. The molecule has 0 aliphatic rings. The van der Waals surface area contributed by atoms with Crippen LogP contribution in [0.2, 0.25) is 0 Å². The molecule has 3 aromatic carbocycles. The number of anilines is 2. The Bertz CT molecular complexity index is 1290. The van der Waals surface area contributed by atoms with Gasteiger partial charge >= 0.3 is 5.97 Å². The first kappa shape index (κ1) is 24.8. The van der Waals surface area contributed by atoms with E-state index in [9.17, 15) is 18.0 Å². The van der Waals surface area contributed by atoms with E-state index in [1.54, 1.807) is 36.4 Å². The number of carbonyl (C=O) groups is 2. The SMILES string of the molecule is COc1ccc(C(=O)O[C@@H](C)C(=O)Nc2ccc(C)cc2)cc1S(=O)(=O)Nc1ccc(C)cc1. The van der Waals surface area contributed by atoms with Crippen molar-refractivity contribution in [1.82, 2.24) is 0 Å². The molecule has 0 saturated carbocycles. The number of hydrogen-bond donors (Lipinski definition) is 2. The summed E-state index contributed by atoms with van der Waals surface area (Å²) in [4.78, 5) is 24.8. The Morgan fingerprint density at radius 3 is 1.97 bits per heavy atom. The Labute approximate surface area is 199 Å². The zero-order valence-corrected chi connectivity index (χ0v) is 20.1. The number of esters is 1. The maximum atomic E-state index is 13.0. The minimum Gasteiger partial charge on any atom is -0.495 e. The van der Waals surface area contributed by atoms with Crippen LogP contribution in [0.3, 0.4) is 0 Å². The van der Waals surface area contributed by atoms with Crippen LogP contribution in [0.1, 0.15) is 28.4 Å². The molecule has 0 fully saturated rings. The number of amides is 1. The summed E-state index contributed by atoms with van der Waals surface area (Å²) in [6.45, 7) is 5.25. The molecule has 1 amide bonds. The van der Waals surface area contributed by atoms with Gasteiger partial charge in [-0.15, -0.1) is 0 Å². The van der Waals surface area contributed by atoms with E-state index in [0.717, 1.165) is 17.2 Å². The Kier molecular flexibility index (Phi) is 7.57. The summed E-state index contributed by atoms with van der Waals surface area (Å²) in [5.74, 6) is -1.30. The summed E-state index contributed by atoms with van der Waals surface area (Å²) in [5.41, 5.74) is 2.91. The van der Waals surface area contributed by atoms with Crippen molar-refractivity contribution in [3.05, 3.63) is 83.4 Å². The van der Waals surface area contributed by atoms with Crippen molar-refractivity contribution in [2.24, 2.45) is 0 Å². The van der Waals surface area contributed by atoms with Gasteiger partial charge in [0.15, 0.2) is 6.10 Å². The van der Waals surface area contributed by atoms with Crippen molar-refractivity contribution in [3.8, 4) is 5.75 Å². The van der Waals surface area contributed by atoms with Gasteiger partial charge in [-0.25, -0.2) is 13.2 Å². The van der Waals surface area contributed by atoms with Gasteiger partial charge in [0, 0.05) is 11.4 Å². The molecule has 3 aromatic rings. The second-order valence-electron chi connectivity index (χ2n) is 7.74. The molecular weight excluding hydrogens is 456 g/mol. The molecular formula is C25H26N2O6S. The first-order valence-corrected chi connectivity index (χ1v) is 11.9. The number of rotatable bonds is 8. The van der Waals surface area contributed by atoms with E-state index >= 15 is 0 Å². The quantitative estimate of drug-likeness (QED) is 0.463. The molecule has 34 heavy (non-hydrogen) atoms. The van der Waals surface area contributed by atoms with Gasteiger partial charge in [0.05, 0.1) is 12.7 Å². The highest BCUT2D eigenvalue weighted by Crippen LogP contribution is 2.27. The van der Waals surface area contributed by atoms with Crippen LogP contribution in [0.25, 0.3) is 0 Å². The lowest BCUT2D eigenvalue weighted by Gasteiger charge is -2.15. The standard InChI is InChI=1S/C25H26N2O6S/c1-16-5-10-20(11-6-16)26-24(28)18(3)33-25(29)19-9-14-22(32-4)23(15-19)34(30,31)27-21-12-7-17(2)8-13-21/h5-15,18,27H,1-4H3,(H,26,28)/t18-/m0/s1. The van der Waals surface area contributed by atoms with Crippen LogP contribution in [0, 0.1) is 13.8 Å². The number of carbonyl (C=O) groups excluding carboxylic acids is 2. The number of sulfonamides is 1. The summed E-state index contributed by atoms with van der Waals surface area (Å²) < 4.78 is 38.9. The minimum absolute atomic E-state index is 0.0416. The molecule has 0 aromatic heterocycles. The van der Waals surface area contributed by atoms with E-state index in [1.807, 2.05) is 26.0 Å². The Balaban J connectivity index is 1.77. The van der Waals surface area contributed by atoms with E-state index in [0.29, 0.717) is 11.4 Å². The number of hydrogen-bond acceptors (Lipinski definition) is 6. The predicted molar refractivity (Wildman–Crippen MR) is 130 cm³/mol. The maximum absolute atomic E-state index is 13.0. The third-order valence-corrected chi connectivity index (χ3v) is 6.37. The minimum atomic E-state index is -4.08. The molecule has 0 saturated heterocycles. The fourth-order valence-corrected chi connectivity index (χ4v) is 4.26. The van der Waals surface area contributed by atoms with Crippen LogP contribution >= 0.6 is 0 Å². The van der Waals surface area contributed by atoms with Gasteiger partial charge in [-0.3, -0.25) is 9.52 Å². The van der Waals surface area contributed by atoms with Gasteiger partial charge in [-0.2, -0.15) is 0 Å². The molecule has 0 bridgehead atoms. The summed E-state index contributed by atoms with van der Waals surface area (Å²) in [7, 11) is -2.75. The summed E-state index contributed by atoms with van der Waals surface area (Å²) >= 11 is 0. The molecule has 0 spiro atoms. The number of ether oxygens (including phenoxy) is 2. The molecule has 0 aliphatic heterocycles. The number of benzene rings is 3. The molecule has 9 heteroatoms. The third kappa shape index (κ3) is 6.14. The largest absolute Gasteiger partial charge is 0.495 e. The lowest BCUT2D eigenvalue weighted by atomic mass is 10.2. The van der Waals surface area contributed by atoms with Crippen molar-refractivity contribution in [1.29, 1.82) is 0 Å². The zero-order chi connectivity index (χ0) is 24.9. The predicted octanol–water partition coefficient (Wildman–Crippen LogP) is 4.30. The van der Waals surface area contributed by atoms with Crippen molar-refractivity contribution in [3.63, 3.8) is 0 Å². The van der Waals surface area contributed by atoms with E-state index in [4.69, 9.17) is 9.47 Å². The molecule has 0 heterocycles. The fourth-order valence-electron chi connectivity index (χ4n) is 3.01. The van der Waals surface area contributed by atoms with E-state index in [2.05, 4.69) is 10.0 Å². The molecule has 0 aliphatic carbocycles. The number of aryl methyl sites for hydroxylation is 2. The van der Waals surface area contributed by atoms with Crippen molar-refractivity contribution in [2.75, 3.05) is 17.1 Å². The normalized spacial score (nSPS) is 11.9. The number of nitrogens with one attached hydrogen (secondary N) is 2. The van der Waals surface area contributed by atoms with Crippen LogP contribution in [0.5, 0.6) is 5.75 Å². The van der Waals surface area contributed by atoms with Crippen LogP contribution in [0.4, 0.5) is 11.4 Å². The van der Waals surface area contributed by atoms with Gasteiger partial charge < -0.3 is 14.8 Å². The molecule has 0 radical (unpaired) electrons. The first-order chi connectivity index (χ1) is 16.1. The van der Waals surface area contributed by atoms with Crippen molar-refractivity contribution in [2.45, 2.75) is 31.8 Å². The third-order valence-electron chi connectivity index (χ3n) is 4.96. The molecule has 1 atom stereocenters. The van der Waals surface area contributed by atoms with Gasteiger partial charge in [0.2, 0.25) is 0 Å². The number of methoxy groups -OCH3 is 1. The van der Waals surface area contributed by atoms with E-state index in [-0.39, 0.29) is 16.2 Å². The second-order valence-corrected chi connectivity index (χ2v) is 9.39. The van der Waals surface area contributed by atoms with E-state index < -0.39 is 28.0 Å². The summed E-state index contributed by atoms with van der Waals surface area (Å²) in [6.07, 6.45) is -1.11. The van der Waals surface area contributed by atoms with Gasteiger partial charge in [-0.1, -0.05) is 35.4 Å². The smallest absolute Gasteiger partial charge is 0.338 e. The highest BCUT2D eigenvalue weighted by atomic mass is 32.2. The van der Waals surface area contributed by atoms with Crippen LogP contribution in [-0.2, 0) is 19.6 Å². The second kappa shape index (κ2) is 10.4. The molecule has 8 nitrogen and oxygen atoms in total. The van der Waals surface area contributed by atoms with Crippen LogP contribution < -0.4 is 14.8 Å². The highest BCUT2D eigenvalue weighted by Gasteiger charge is 2.24. The Morgan fingerprint density at radius 2 is 1.41 bits per heavy atom. The summed E-state index contributed by atoms with van der Waals surface area (Å²) in [5, 5.41) is 2.67. The van der Waals surface area contributed by atoms with Crippen molar-refractivity contribution >= 4 is 33.3 Å². The zero-order valence-electron chi connectivity index (χ0n) is 19.3. The topological polar surface area (TPSA) is 111 Å². The molecule has 3 rings (SSSR count).